The molecule has 39 heavy (non-hydrogen) atoms. The second-order valence-electron chi connectivity index (χ2n) is 11.0. The number of carbonyl (C=O) groups is 1. The van der Waals surface area contributed by atoms with Crippen LogP contribution in [0, 0.1) is 24.6 Å². The summed E-state index contributed by atoms with van der Waals surface area (Å²) in [5.74, 6) is 1.96. The van der Waals surface area contributed by atoms with E-state index in [1.165, 1.54) is 17.9 Å². The highest BCUT2D eigenvalue weighted by Crippen LogP contribution is 2.61. The molecule has 1 saturated heterocycles. The van der Waals surface area contributed by atoms with Crippen molar-refractivity contribution in [3.63, 3.8) is 0 Å². The van der Waals surface area contributed by atoms with Gasteiger partial charge in [-0.05, 0) is 79.5 Å². The monoisotopic (exact) mass is 550 g/mol. The average Bonchev–Trinajstić information content (AvgIpc) is 3.20. The molecule has 4 unspecified atom stereocenters. The van der Waals surface area contributed by atoms with Gasteiger partial charge in [-0.3, -0.25) is 4.79 Å². The molecular weight excluding hydrogens is 519 g/mol. The lowest BCUT2D eigenvalue weighted by Gasteiger charge is -2.19. The number of sulfonamides is 1. The Balaban J connectivity index is 1.14. The molecule has 204 valence electrons. The number of nitrogens with zero attached hydrogens (tertiary/aromatic N) is 3. The number of pyridine rings is 2. The Morgan fingerprint density at radius 2 is 2.05 bits per heavy atom. The minimum Gasteiger partial charge on any atom is -0.473 e. The van der Waals surface area contributed by atoms with Crippen LogP contribution < -0.4 is 14.4 Å². The van der Waals surface area contributed by atoms with Crippen molar-refractivity contribution in [1.82, 2.24) is 14.7 Å². The third-order valence-electron chi connectivity index (χ3n) is 8.15. The molecule has 8 nitrogen and oxygen atoms in total. The van der Waals surface area contributed by atoms with Crippen LogP contribution in [-0.2, 0) is 27.8 Å². The number of carbonyl (C=O) groups excluding carboxylic acids is 1. The van der Waals surface area contributed by atoms with Gasteiger partial charge < -0.3 is 9.64 Å². The average molecular weight is 551 g/mol. The molecule has 3 aliphatic rings. The molecule has 0 amide bonds. The van der Waals surface area contributed by atoms with Gasteiger partial charge in [0.25, 0.3) is 0 Å². The minimum absolute atomic E-state index is 0.0431. The van der Waals surface area contributed by atoms with Crippen molar-refractivity contribution in [1.29, 1.82) is 0 Å². The number of Topliss-reactive ketones (excluding diaryl/α,β-unsaturated/α-hetero) is 1. The molecule has 10 heteroatoms. The zero-order valence-corrected chi connectivity index (χ0v) is 23.0. The smallest absolute Gasteiger partial charge is 0.213 e. The molecule has 1 N–H and O–H groups in total. The van der Waals surface area contributed by atoms with Crippen LogP contribution in [0.25, 0.3) is 11.1 Å². The number of rotatable bonds is 8. The van der Waals surface area contributed by atoms with E-state index in [9.17, 15) is 17.6 Å². The maximum atomic E-state index is 14.7. The number of anilines is 1. The standard InChI is InChI=1S/C29H31FN4O4S/c1-16-22(5-7-26(32-16)34-9-8-21(14-34)33-39(3,36)37)18-4-6-25(30)20(10-18)15-38-27-12-19-11-23-28(17(2)35)29(23)24(19)13-31-27/h4-7,10,12-13,21,23,28-29,33H,8-9,11,14-15H2,1-3H3. The molecule has 2 fully saturated rings. The highest BCUT2D eigenvalue weighted by molar-refractivity contribution is 7.88. The van der Waals surface area contributed by atoms with Crippen LogP contribution in [0.3, 0.4) is 0 Å². The fraction of sp³-hybridized carbons (Fsp3) is 0.414. The Kier molecular flexibility index (Phi) is 6.42. The van der Waals surface area contributed by atoms with Gasteiger partial charge in [0.1, 0.15) is 24.0 Å². The Hall–Kier alpha value is -3.37. The zero-order valence-electron chi connectivity index (χ0n) is 22.1. The maximum absolute atomic E-state index is 14.7. The summed E-state index contributed by atoms with van der Waals surface area (Å²) >= 11 is 0. The first kappa shape index (κ1) is 25.9. The molecule has 4 atom stereocenters. The summed E-state index contributed by atoms with van der Waals surface area (Å²) < 4.78 is 46.4. The van der Waals surface area contributed by atoms with Gasteiger partial charge in [0.2, 0.25) is 15.9 Å². The molecule has 3 heterocycles. The number of hydrogen-bond donors (Lipinski definition) is 1. The summed E-state index contributed by atoms with van der Waals surface area (Å²) in [6.07, 6.45) is 4.56. The third-order valence-corrected chi connectivity index (χ3v) is 8.91. The summed E-state index contributed by atoms with van der Waals surface area (Å²) in [4.78, 5) is 23.0. The molecule has 0 radical (unpaired) electrons. The van der Waals surface area contributed by atoms with Gasteiger partial charge in [-0.15, -0.1) is 0 Å². The largest absolute Gasteiger partial charge is 0.473 e. The lowest BCUT2D eigenvalue weighted by atomic mass is 10.0. The summed E-state index contributed by atoms with van der Waals surface area (Å²) in [6.45, 7) is 4.89. The second kappa shape index (κ2) is 9.67. The topological polar surface area (TPSA) is 101 Å². The van der Waals surface area contributed by atoms with Crippen molar-refractivity contribution in [2.45, 2.75) is 45.3 Å². The number of aryl methyl sites for hydroxylation is 1. The van der Waals surface area contributed by atoms with E-state index in [1.807, 2.05) is 25.1 Å². The van der Waals surface area contributed by atoms with E-state index in [0.29, 0.717) is 36.4 Å². The molecule has 2 aliphatic carbocycles. The fourth-order valence-corrected chi connectivity index (χ4v) is 7.10. The minimum atomic E-state index is -3.26. The van der Waals surface area contributed by atoms with Crippen LogP contribution in [-0.4, -0.2) is 49.6 Å². The van der Waals surface area contributed by atoms with E-state index in [4.69, 9.17) is 9.72 Å². The quantitative estimate of drug-likeness (QED) is 0.456. The number of benzene rings is 1. The van der Waals surface area contributed by atoms with Gasteiger partial charge in [0.05, 0.1) is 6.26 Å². The van der Waals surface area contributed by atoms with Crippen LogP contribution >= 0.6 is 0 Å². The van der Waals surface area contributed by atoms with Crippen molar-refractivity contribution in [3.8, 4) is 17.0 Å². The number of ketones is 1. The Morgan fingerprint density at radius 3 is 2.79 bits per heavy atom. The number of ether oxygens (including phenoxy) is 1. The van der Waals surface area contributed by atoms with Gasteiger partial charge >= 0.3 is 0 Å². The summed E-state index contributed by atoms with van der Waals surface area (Å²) in [5.41, 5.74) is 5.25. The van der Waals surface area contributed by atoms with Gasteiger partial charge in [0, 0.05) is 54.1 Å². The van der Waals surface area contributed by atoms with E-state index in [-0.39, 0.29) is 30.2 Å². The normalized spacial score (nSPS) is 23.4. The highest BCUT2D eigenvalue weighted by Gasteiger charge is 2.58. The number of hydrogen-bond acceptors (Lipinski definition) is 7. The van der Waals surface area contributed by atoms with Gasteiger partial charge in [-0.2, -0.15) is 0 Å². The number of aromatic nitrogens is 2. The van der Waals surface area contributed by atoms with Crippen LogP contribution in [0.5, 0.6) is 5.88 Å². The zero-order chi connectivity index (χ0) is 27.5. The number of nitrogens with one attached hydrogen (secondary N) is 1. The van der Waals surface area contributed by atoms with Crippen LogP contribution in [0.2, 0.25) is 0 Å². The first-order chi connectivity index (χ1) is 18.6. The van der Waals surface area contributed by atoms with Crippen LogP contribution in [0.15, 0.2) is 42.6 Å². The molecule has 6 rings (SSSR count). The second-order valence-corrected chi connectivity index (χ2v) is 12.8. The van der Waals surface area contributed by atoms with E-state index in [1.54, 1.807) is 25.3 Å². The first-order valence-electron chi connectivity index (χ1n) is 13.2. The molecule has 1 aliphatic heterocycles. The molecule has 2 aromatic heterocycles. The van der Waals surface area contributed by atoms with Gasteiger partial charge in [0.15, 0.2) is 0 Å². The van der Waals surface area contributed by atoms with E-state index in [2.05, 4.69) is 14.6 Å². The van der Waals surface area contributed by atoms with Crippen molar-refractivity contribution in [2.24, 2.45) is 11.8 Å². The first-order valence-corrected chi connectivity index (χ1v) is 15.1. The van der Waals surface area contributed by atoms with Crippen molar-refractivity contribution < 1.29 is 22.3 Å². The predicted molar refractivity (Wildman–Crippen MR) is 146 cm³/mol. The van der Waals surface area contributed by atoms with E-state index >= 15 is 0 Å². The van der Waals surface area contributed by atoms with E-state index in [0.717, 1.165) is 41.0 Å². The molecular formula is C29H31FN4O4S. The molecule has 3 aromatic rings. The van der Waals surface area contributed by atoms with Gasteiger partial charge in [-0.25, -0.2) is 27.5 Å². The van der Waals surface area contributed by atoms with Crippen molar-refractivity contribution in [2.75, 3.05) is 24.2 Å². The Bertz CT molecular complexity index is 1580. The molecule has 1 saturated carbocycles. The van der Waals surface area contributed by atoms with Crippen molar-refractivity contribution >= 4 is 21.6 Å². The third kappa shape index (κ3) is 5.15. The maximum Gasteiger partial charge on any atom is 0.213 e. The van der Waals surface area contributed by atoms with Crippen molar-refractivity contribution in [3.05, 3.63) is 70.8 Å². The van der Waals surface area contributed by atoms with Crippen LogP contribution in [0.1, 0.15) is 41.6 Å². The highest BCUT2D eigenvalue weighted by atomic mass is 32.2. The lowest BCUT2D eigenvalue weighted by Crippen LogP contribution is -2.36. The predicted octanol–water partition coefficient (Wildman–Crippen LogP) is 3.77. The molecule has 0 spiro atoms. The summed E-state index contributed by atoms with van der Waals surface area (Å²) in [7, 11) is -3.26. The summed E-state index contributed by atoms with van der Waals surface area (Å²) in [6, 6.07) is 10.6. The molecule has 0 bridgehead atoms. The number of halogens is 1. The lowest BCUT2D eigenvalue weighted by molar-refractivity contribution is -0.118. The Labute approximate surface area is 227 Å². The van der Waals surface area contributed by atoms with E-state index < -0.39 is 10.0 Å². The SMILES string of the molecule is CC(=O)C1C2Cc3cc(OCc4cc(-c5ccc(N6CCC(NS(C)(=O)=O)C6)nc5C)ccc4F)ncc3C21. The van der Waals surface area contributed by atoms with Gasteiger partial charge in [-0.1, -0.05) is 6.07 Å². The molecule has 1 aromatic carbocycles. The number of fused-ring (bicyclic) bond motifs is 3. The Morgan fingerprint density at radius 1 is 1.23 bits per heavy atom. The fourth-order valence-electron chi connectivity index (χ4n) is 6.30. The summed E-state index contributed by atoms with van der Waals surface area (Å²) in [5, 5.41) is 0. The van der Waals surface area contributed by atoms with Crippen LogP contribution in [0.4, 0.5) is 10.2 Å².